The summed E-state index contributed by atoms with van der Waals surface area (Å²) in [6.45, 7) is 7.61. The fraction of sp³-hybridized carbons (Fsp3) is 0.278. The van der Waals surface area contributed by atoms with Crippen LogP contribution in [0.1, 0.15) is 21.8 Å². The van der Waals surface area contributed by atoms with Crippen molar-refractivity contribution in [2.75, 3.05) is 5.32 Å². The molecule has 6 heteroatoms. The second-order valence-corrected chi connectivity index (χ2v) is 7.29. The molecule has 24 heavy (non-hydrogen) atoms. The Kier molecular flexibility index (Phi) is 4.24. The van der Waals surface area contributed by atoms with E-state index in [0.29, 0.717) is 11.2 Å². The van der Waals surface area contributed by atoms with E-state index in [9.17, 15) is 9.59 Å². The maximum atomic E-state index is 12.6. The maximum Gasteiger partial charge on any atom is 0.262 e. The van der Waals surface area contributed by atoms with E-state index in [1.165, 1.54) is 15.9 Å². The Labute approximate surface area is 144 Å². The quantitative estimate of drug-likeness (QED) is 0.795. The van der Waals surface area contributed by atoms with Crippen LogP contribution >= 0.6 is 11.3 Å². The monoisotopic (exact) mass is 341 g/mol. The van der Waals surface area contributed by atoms with Crippen molar-refractivity contribution in [2.24, 2.45) is 0 Å². The molecule has 1 N–H and O–H groups in total. The molecule has 2 aromatic heterocycles. The average Bonchev–Trinajstić information content (AvgIpc) is 2.83. The van der Waals surface area contributed by atoms with E-state index in [-0.39, 0.29) is 18.0 Å². The summed E-state index contributed by atoms with van der Waals surface area (Å²) in [6.07, 6.45) is 0. The fourth-order valence-electron chi connectivity index (χ4n) is 2.82. The van der Waals surface area contributed by atoms with Gasteiger partial charge in [-0.05, 0) is 57.0 Å². The van der Waals surface area contributed by atoms with Gasteiger partial charge in [-0.1, -0.05) is 6.07 Å². The van der Waals surface area contributed by atoms with E-state index in [1.54, 1.807) is 6.92 Å². The molecule has 124 valence electrons. The summed E-state index contributed by atoms with van der Waals surface area (Å²) in [6, 6.07) is 7.68. The number of nitrogens with zero attached hydrogens (tertiary/aromatic N) is 2. The molecule has 0 fully saturated rings. The molecule has 1 aromatic carbocycles. The number of hydrogen-bond acceptors (Lipinski definition) is 4. The second kappa shape index (κ2) is 6.20. The van der Waals surface area contributed by atoms with Crippen molar-refractivity contribution in [3.8, 4) is 0 Å². The lowest BCUT2D eigenvalue weighted by Gasteiger charge is -2.11. The summed E-state index contributed by atoms with van der Waals surface area (Å²) in [5.74, 6) is 0.309. The first-order valence-electron chi connectivity index (χ1n) is 7.69. The molecule has 0 saturated heterocycles. The minimum absolute atomic E-state index is 0.0461. The lowest BCUT2D eigenvalue weighted by molar-refractivity contribution is -0.116. The van der Waals surface area contributed by atoms with Gasteiger partial charge in [0.1, 0.15) is 17.2 Å². The van der Waals surface area contributed by atoms with E-state index in [2.05, 4.69) is 10.3 Å². The highest BCUT2D eigenvalue weighted by molar-refractivity contribution is 7.18. The molecule has 0 saturated carbocycles. The molecule has 0 aliphatic heterocycles. The van der Waals surface area contributed by atoms with Crippen LogP contribution in [0.2, 0.25) is 0 Å². The topological polar surface area (TPSA) is 64.0 Å². The Bertz CT molecular complexity index is 981. The normalized spacial score (nSPS) is 11.0. The number of nitrogens with one attached hydrogen (secondary N) is 1. The number of thiophene rings is 1. The lowest BCUT2D eigenvalue weighted by atomic mass is 10.1. The van der Waals surface area contributed by atoms with Crippen LogP contribution in [0.3, 0.4) is 0 Å². The van der Waals surface area contributed by atoms with E-state index in [4.69, 9.17) is 0 Å². The van der Waals surface area contributed by atoms with Gasteiger partial charge in [-0.2, -0.15) is 0 Å². The summed E-state index contributed by atoms with van der Waals surface area (Å²) in [7, 11) is 0. The van der Waals surface area contributed by atoms with Crippen LogP contribution < -0.4 is 10.9 Å². The SMILES string of the molecule is Cc1cc(C)cc(NC(=O)Cn2c(C)nc3sc(C)cc3c2=O)c1. The minimum atomic E-state index is -0.238. The van der Waals surface area contributed by atoms with E-state index >= 15 is 0 Å². The van der Waals surface area contributed by atoms with Crippen molar-refractivity contribution in [3.05, 3.63) is 56.4 Å². The first kappa shape index (κ1) is 16.4. The van der Waals surface area contributed by atoms with Crippen molar-refractivity contribution >= 4 is 33.1 Å². The third-order valence-electron chi connectivity index (χ3n) is 3.77. The predicted molar refractivity (Wildman–Crippen MR) is 97.9 cm³/mol. The van der Waals surface area contributed by atoms with Crippen LogP contribution in [-0.4, -0.2) is 15.5 Å². The Balaban J connectivity index is 1.89. The van der Waals surface area contributed by atoms with Crippen molar-refractivity contribution in [3.63, 3.8) is 0 Å². The fourth-order valence-corrected chi connectivity index (χ4v) is 3.73. The highest BCUT2D eigenvalue weighted by Gasteiger charge is 2.13. The zero-order valence-electron chi connectivity index (χ0n) is 14.1. The van der Waals surface area contributed by atoms with Gasteiger partial charge in [0.2, 0.25) is 5.91 Å². The number of fused-ring (bicyclic) bond motifs is 1. The Morgan fingerprint density at radius 2 is 1.79 bits per heavy atom. The number of benzene rings is 1. The second-order valence-electron chi connectivity index (χ2n) is 6.05. The largest absolute Gasteiger partial charge is 0.325 e. The van der Waals surface area contributed by atoms with Gasteiger partial charge in [0.25, 0.3) is 5.56 Å². The van der Waals surface area contributed by atoms with Gasteiger partial charge in [-0.3, -0.25) is 14.2 Å². The standard InChI is InChI=1S/C18H19N3O2S/c1-10-5-11(2)7-14(6-10)20-16(22)9-21-13(4)19-17-15(18(21)23)8-12(3)24-17/h5-8H,9H2,1-4H3,(H,20,22). The number of aryl methyl sites for hydroxylation is 4. The highest BCUT2D eigenvalue weighted by atomic mass is 32.1. The molecule has 0 radical (unpaired) electrons. The zero-order valence-corrected chi connectivity index (χ0v) is 15.0. The van der Waals surface area contributed by atoms with Crippen LogP contribution in [0.5, 0.6) is 0 Å². The number of carbonyl (C=O) groups excluding carboxylic acids is 1. The van der Waals surface area contributed by atoms with E-state index < -0.39 is 0 Å². The van der Waals surface area contributed by atoms with Crippen LogP contribution in [0.25, 0.3) is 10.2 Å². The van der Waals surface area contributed by atoms with Crippen LogP contribution in [0.4, 0.5) is 5.69 Å². The number of carbonyl (C=O) groups is 1. The molecular formula is C18H19N3O2S. The average molecular weight is 341 g/mol. The molecule has 0 atom stereocenters. The van der Waals surface area contributed by atoms with Crippen molar-refractivity contribution < 1.29 is 4.79 Å². The minimum Gasteiger partial charge on any atom is -0.325 e. The summed E-state index contributed by atoms with van der Waals surface area (Å²) in [5.41, 5.74) is 2.73. The van der Waals surface area contributed by atoms with Gasteiger partial charge in [0, 0.05) is 10.6 Å². The third-order valence-corrected chi connectivity index (χ3v) is 4.72. The van der Waals surface area contributed by atoms with E-state index in [0.717, 1.165) is 26.5 Å². The van der Waals surface area contributed by atoms with Gasteiger partial charge in [-0.25, -0.2) is 4.98 Å². The number of hydrogen-bond donors (Lipinski definition) is 1. The highest BCUT2D eigenvalue weighted by Crippen LogP contribution is 2.20. The molecule has 3 rings (SSSR count). The van der Waals surface area contributed by atoms with Crippen molar-refractivity contribution in [1.29, 1.82) is 0 Å². The van der Waals surface area contributed by atoms with Crippen LogP contribution in [0.15, 0.2) is 29.1 Å². The molecule has 1 amide bonds. The number of anilines is 1. The van der Waals surface area contributed by atoms with Crippen molar-refractivity contribution in [2.45, 2.75) is 34.2 Å². The number of amides is 1. The van der Waals surface area contributed by atoms with Gasteiger partial charge in [0.15, 0.2) is 0 Å². The van der Waals surface area contributed by atoms with Gasteiger partial charge >= 0.3 is 0 Å². The van der Waals surface area contributed by atoms with Gasteiger partial charge in [0.05, 0.1) is 5.39 Å². The molecule has 2 heterocycles. The maximum absolute atomic E-state index is 12.6. The molecule has 0 bridgehead atoms. The van der Waals surface area contributed by atoms with Gasteiger partial charge < -0.3 is 5.32 Å². The summed E-state index contributed by atoms with van der Waals surface area (Å²) < 4.78 is 1.42. The molecule has 0 unspecified atom stereocenters. The molecular weight excluding hydrogens is 322 g/mol. The molecule has 3 aromatic rings. The van der Waals surface area contributed by atoms with E-state index in [1.807, 2.05) is 45.0 Å². The first-order valence-corrected chi connectivity index (χ1v) is 8.51. The Morgan fingerprint density at radius 1 is 1.12 bits per heavy atom. The Hall–Kier alpha value is -2.47. The number of aromatic nitrogens is 2. The molecule has 0 spiro atoms. The molecule has 5 nitrogen and oxygen atoms in total. The molecule has 0 aliphatic carbocycles. The predicted octanol–water partition coefficient (Wildman–Crippen LogP) is 3.33. The Morgan fingerprint density at radius 3 is 2.46 bits per heavy atom. The van der Waals surface area contributed by atoms with Crippen LogP contribution in [0, 0.1) is 27.7 Å². The van der Waals surface area contributed by atoms with Crippen LogP contribution in [-0.2, 0) is 11.3 Å². The summed E-state index contributed by atoms with van der Waals surface area (Å²) in [5, 5.41) is 3.43. The third kappa shape index (κ3) is 3.23. The zero-order chi connectivity index (χ0) is 17.4. The summed E-state index contributed by atoms with van der Waals surface area (Å²) in [4.78, 5) is 31.2. The summed E-state index contributed by atoms with van der Waals surface area (Å²) >= 11 is 1.49. The number of rotatable bonds is 3. The van der Waals surface area contributed by atoms with Crippen molar-refractivity contribution in [1.82, 2.24) is 9.55 Å². The molecule has 0 aliphatic rings. The smallest absolute Gasteiger partial charge is 0.262 e. The first-order chi connectivity index (χ1) is 11.3. The van der Waals surface area contributed by atoms with Gasteiger partial charge in [-0.15, -0.1) is 11.3 Å². The lowest BCUT2D eigenvalue weighted by Crippen LogP contribution is -2.29.